The van der Waals surface area contributed by atoms with Gasteiger partial charge < -0.3 is 20.3 Å². The zero-order valence-electron chi connectivity index (χ0n) is 11.5. The maximum absolute atomic E-state index is 15.3. The van der Waals surface area contributed by atoms with Crippen molar-refractivity contribution >= 4 is 5.95 Å². The predicted molar refractivity (Wildman–Crippen MR) is 69.8 cm³/mol. The van der Waals surface area contributed by atoms with Crippen LogP contribution < -0.4 is 11.4 Å². The molecule has 1 unspecified atom stereocenters. The van der Waals surface area contributed by atoms with Crippen molar-refractivity contribution in [3.63, 3.8) is 0 Å². The van der Waals surface area contributed by atoms with Gasteiger partial charge in [0.05, 0.1) is 6.61 Å². The van der Waals surface area contributed by atoms with Crippen LogP contribution in [0.2, 0.25) is 0 Å². The van der Waals surface area contributed by atoms with Crippen LogP contribution in [0.25, 0.3) is 0 Å². The first kappa shape index (κ1) is 15.4. The van der Waals surface area contributed by atoms with Crippen LogP contribution in [0.4, 0.5) is 10.3 Å². The molecule has 8 nitrogen and oxygen atoms in total. The average Bonchev–Trinajstić information content (AvgIpc) is 2.71. The van der Waals surface area contributed by atoms with Gasteiger partial charge in [-0.1, -0.05) is 5.92 Å². The lowest BCUT2D eigenvalue weighted by Gasteiger charge is -2.25. The van der Waals surface area contributed by atoms with Crippen LogP contribution >= 0.6 is 0 Å². The van der Waals surface area contributed by atoms with E-state index in [1.807, 2.05) is 0 Å². The number of nitrogens with two attached hydrogens (primary N) is 1. The summed E-state index contributed by atoms with van der Waals surface area (Å²) in [5.41, 5.74) is 2.13. The van der Waals surface area contributed by atoms with Crippen molar-refractivity contribution in [3.05, 3.63) is 16.8 Å². The number of rotatable bonds is 3. The Morgan fingerprint density at radius 2 is 2.43 bits per heavy atom. The molecule has 1 aliphatic rings. The van der Waals surface area contributed by atoms with E-state index in [0.717, 1.165) is 10.9 Å². The van der Waals surface area contributed by atoms with E-state index in [9.17, 15) is 9.90 Å². The van der Waals surface area contributed by atoms with Crippen LogP contribution in [0.5, 0.6) is 0 Å². The van der Waals surface area contributed by atoms with E-state index in [-0.39, 0.29) is 5.95 Å². The molecule has 0 radical (unpaired) electrons. The molecule has 114 valence electrons. The van der Waals surface area contributed by atoms with Gasteiger partial charge in [0.15, 0.2) is 6.23 Å². The smallest absolute Gasteiger partial charge is 0.354 e. The van der Waals surface area contributed by atoms with Crippen molar-refractivity contribution in [1.82, 2.24) is 14.5 Å². The average molecular weight is 298 g/mol. The molecule has 0 aromatic carbocycles. The molecule has 0 spiro atoms. The van der Waals surface area contributed by atoms with Gasteiger partial charge in [-0.25, -0.2) is 14.2 Å². The van der Waals surface area contributed by atoms with Gasteiger partial charge in [0.25, 0.3) is 0 Å². The van der Waals surface area contributed by atoms with E-state index in [0.29, 0.717) is 0 Å². The first-order valence-corrected chi connectivity index (χ1v) is 6.10. The van der Waals surface area contributed by atoms with E-state index in [1.54, 1.807) is 0 Å². The van der Waals surface area contributed by atoms with Crippen molar-refractivity contribution < 1.29 is 19.0 Å². The van der Waals surface area contributed by atoms with E-state index in [4.69, 9.17) is 15.2 Å². The quantitative estimate of drug-likeness (QED) is 0.678. The number of hydrogen-bond donors (Lipinski definition) is 2. The molecule has 0 bridgehead atoms. The van der Waals surface area contributed by atoms with Gasteiger partial charge in [0.2, 0.25) is 11.6 Å². The Bertz CT molecular complexity index is 640. The van der Waals surface area contributed by atoms with Gasteiger partial charge in [-0.3, -0.25) is 4.57 Å². The van der Waals surface area contributed by atoms with Gasteiger partial charge in [0.1, 0.15) is 18.5 Å². The molecule has 9 heteroatoms. The summed E-state index contributed by atoms with van der Waals surface area (Å²) in [5.74, 6) is 4.56. The molecule has 4 atom stereocenters. The van der Waals surface area contributed by atoms with Crippen molar-refractivity contribution in [3.8, 4) is 11.8 Å². The number of nitrogens with zero attached hydrogens (tertiary/aromatic N) is 3. The highest BCUT2D eigenvalue weighted by Gasteiger charge is 2.58. The van der Waals surface area contributed by atoms with Crippen molar-refractivity contribution in [2.24, 2.45) is 0 Å². The minimum atomic E-state index is -2.33. The highest BCUT2D eigenvalue weighted by molar-refractivity contribution is 5.23. The molecule has 1 aliphatic heterocycles. The second-order valence-corrected chi connectivity index (χ2v) is 4.41. The zero-order chi connectivity index (χ0) is 15.6. The minimum Gasteiger partial charge on any atom is -0.394 e. The Balaban J connectivity index is 2.54. The summed E-state index contributed by atoms with van der Waals surface area (Å²) < 4.78 is 26.5. The fourth-order valence-electron chi connectivity index (χ4n) is 2.32. The van der Waals surface area contributed by atoms with E-state index in [2.05, 4.69) is 21.8 Å². The Morgan fingerprint density at radius 3 is 2.95 bits per heavy atom. The van der Waals surface area contributed by atoms with E-state index >= 15 is 4.39 Å². The standard InChI is InChI=1S/C12H15FN4O4/c1-3-4-12(13)8(20-2)7(5-18)21-9(12)17-6-15-10(14)16-11(17)19/h6-9,18H,5H2,1-2H3,(H2,14,16,19)/t7-,8+,9-,12?/m1/s1. The minimum absolute atomic E-state index is 0.234. The zero-order valence-corrected chi connectivity index (χ0v) is 11.5. The van der Waals surface area contributed by atoms with Crippen LogP contribution in [0.3, 0.4) is 0 Å². The number of nitrogen functional groups attached to an aromatic ring is 1. The monoisotopic (exact) mass is 298 g/mol. The number of aliphatic hydroxyl groups excluding tert-OH is 1. The van der Waals surface area contributed by atoms with Crippen molar-refractivity contribution in [2.45, 2.75) is 31.0 Å². The normalized spacial score (nSPS) is 31.7. The molecule has 0 amide bonds. The topological polar surface area (TPSA) is 112 Å². The summed E-state index contributed by atoms with van der Waals surface area (Å²) in [7, 11) is 1.27. The number of hydrogen-bond acceptors (Lipinski definition) is 7. The first-order valence-electron chi connectivity index (χ1n) is 6.10. The van der Waals surface area contributed by atoms with E-state index < -0.39 is 36.4 Å². The molecule has 0 saturated carbocycles. The lowest BCUT2D eigenvalue weighted by Crippen LogP contribution is -2.45. The lowest BCUT2D eigenvalue weighted by atomic mass is 9.96. The maximum Gasteiger partial charge on any atom is 0.354 e. The van der Waals surface area contributed by atoms with Crippen LogP contribution in [0.1, 0.15) is 13.2 Å². The molecule has 2 heterocycles. The van der Waals surface area contributed by atoms with Gasteiger partial charge >= 0.3 is 5.69 Å². The summed E-state index contributed by atoms with van der Waals surface area (Å²) >= 11 is 0. The number of anilines is 1. The summed E-state index contributed by atoms with van der Waals surface area (Å²) in [6.45, 7) is 0.955. The molecule has 1 aromatic rings. The number of aromatic nitrogens is 3. The SMILES string of the molecule is CC#CC1(F)[C@@H](OC)[C@@H](CO)O[C@H]1n1cnc(N)nc1=O. The first-order chi connectivity index (χ1) is 9.97. The van der Waals surface area contributed by atoms with Crippen LogP contribution in [0.15, 0.2) is 11.1 Å². The Labute approximate surface area is 119 Å². The molecular formula is C12H15FN4O4. The number of methoxy groups -OCH3 is 1. The molecule has 1 fully saturated rings. The van der Waals surface area contributed by atoms with Crippen molar-refractivity contribution in [2.75, 3.05) is 19.5 Å². The van der Waals surface area contributed by atoms with E-state index in [1.165, 1.54) is 14.0 Å². The van der Waals surface area contributed by atoms with Crippen LogP contribution in [0, 0.1) is 11.8 Å². The second-order valence-electron chi connectivity index (χ2n) is 4.41. The number of halogens is 1. The maximum atomic E-state index is 15.3. The van der Waals surface area contributed by atoms with Gasteiger partial charge in [0, 0.05) is 7.11 Å². The Kier molecular flexibility index (Phi) is 4.22. The van der Waals surface area contributed by atoms with Crippen LogP contribution in [-0.2, 0) is 9.47 Å². The van der Waals surface area contributed by atoms with Gasteiger partial charge in [-0.05, 0) is 6.92 Å². The van der Waals surface area contributed by atoms with Gasteiger partial charge in [-0.2, -0.15) is 4.98 Å². The molecule has 1 aromatic heterocycles. The third-order valence-corrected chi connectivity index (χ3v) is 3.16. The number of aliphatic hydroxyl groups is 1. The Morgan fingerprint density at radius 1 is 1.71 bits per heavy atom. The number of alkyl halides is 1. The third kappa shape index (κ3) is 2.49. The highest BCUT2D eigenvalue weighted by atomic mass is 19.1. The van der Waals surface area contributed by atoms with Crippen LogP contribution in [-0.4, -0.2) is 51.2 Å². The molecular weight excluding hydrogens is 283 g/mol. The molecule has 0 aliphatic carbocycles. The summed E-state index contributed by atoms with van der Waals surface area (Å²) in [6, 6.07) is 0. The fraction of sp³-hybridized carbons (Fsp3) is 0.583. The molecule has 1 saturated heterocycles. The lowest BCUT2D eigenvalue weighted by molar-refractivity contribution is -0.0569. The predicted octanol–water partition coefficient (Wildman–Crippen LogP) is -1.14. The summed E-state index contributed by atoms with van der Waals surface area (Å²) in [4.78, 5) is 18.9. The summed E-state index contributed by atoms with van der Waals surface area (Å²) in [5, 5.41) is 9.29. The summed E-state index contributed by atoms with van der Waals surface area (Å²) in [6.07, 6.45) is -2.56. The van der Waals surface area contributed by atoms with Crippen molar-refractivity contribution in [1.29, 1.82) is 0 Å². The molecule has 2 rings (SSSR count). The molecule has 21 heavy (non-hydrogen) atoms. The highest BCUT2D eigenvalue weighted by Crippen LogP contribution is 2.41. The Hall–Kier alpha value is -2.02. The second kappa shape index (κ2) is 5.77. The largest absolute Gasteiger partial charge is 0.394 e. The van der Waals surface area contributed by atoms with Gasteiger partial charge in [-0.15, -0.1) is 5.92 Å². The molecule has 3 N–H and O–H groups in total. The fourth-order valence-corrected chi connectivity index (χ4v) is 2.32. The third-order valence-electron chi connectivity index (χ3n) is 3.16. The number of ether oxygens (including phenoxy) is 2.